The summed E-state index contributed by atoms with van der Waals surface area (Å²) in [6.45, 7) is 5.47. The second-order valence-corrected chi connectivity index (χ2v) is 8.58. The number of aryl methyl sites for hydroxylation is 2. The molecule has 1 aromatic rings. The number of esters is 1. The molecule has 136 valence electrons. The van der Waals surface area contributed by atoms with Crippen LogP contribution in [0.3, 0.4) is 0 Å². The highest BCUT2D eigenvalue weighted by molar-refractivity contribution is 5.79. The number of aromatic nitrogens is 1. The highest BCUT2D eigenvalue weighted by Crippen LogP contribution is 2.62. The van der Waals surface area contributed by atoms with Crippen molar-refractivity contribution >= 4 is 11.9 Å². The molecule has 4 aliphatic carbocycles. The second kappa shape index (κ2) is 5.58. The Balaban J connectivity index is 1.53. The van der Waals surface area contributed by atoms with E-state index in [4.69, 9.17) is 9.26 Å². The summed E-state index contributed by atoms with van der Waals surface area (Å²) in [5.41, 5.74) is 0.976. The minimum Gasteiger partial charge on any atom is -0.460 e. The lowest BCUT2D eigenvalue weighted by Crippen LogP contribution is -2.64. The lowest BCUT2D eigenvalue weighted by Gasteiger charge is -2.60. The van der Waals surface area contributed by atoms with Crippen LogP contribution in [0.5, 0.6) is 0 Å². The third kappa shape index (κ3) is 2.75. The maximum absolute atomic E-state index is 13.1. The predicted molar refractivity (Wildman–Crippen MR) is 89.4 cm³/mol. The van der Waals surface area contributed by atoms with Gasteiger partial charge in [-0.2, -0.15) is 0 Å². The van der Waals surface area contributed by atoms with Crippen molar-refractivity contribution in [2.75, 3.05) is 0 Å². The minimum absolute atomic E-state index is 0.00110. The maximum Gasteiger partial charge on any atom is 0.312 e. The summed E-state index contributed by atoms with van der Waals surface area (Å²) in [4.78, 5) is 24.8. The first-order chi connectivity index (χ1) is 11.8. The van der Waals surface area contributed by atoms with E-state index in [1.165, 1.54) is 6.42 Å². The Morgan fingerprint density at radius 1 is 1.24 bits per heavy atom. The van der Waals surface area contributed by atoms with Crippen LogP contribution in [-0.4, -0.2) is 22.6 Å². The van der Waals surface area contributed by atoms with Gasteiger partial charge in [-0.25, -0.2) is 0 Å². The van der Waals surface area contributed by atoms with Crippen LogP contribution in [0, 0.1) is 31.1 Å². The van der Waals surface area contributed by atoms with E-state index in [1.54, 1.807) is 6.92 Å². The van der Waals surface area contributed by atoms with Crippen molar-refractivity contribution in [3.8, 4) is 0 Å². The van der Waals surface area contributed by atoms with E-state index in [0.29, 0.717) is 24.0 Å². The third-order valence-electron chi connectivity index (χ3n) is 6.46. The van der Waals surface area contributed by atoms with Crippen LogP contribution < -0.4 is 5.32 Å². The van der Waals surface area contributed by atoms with Gasteiger partial charge in [0.05, 0.1) is 16.7 Å². The molecule has 0 aliphatic heterocycles. The van der Waals surface area contributed by atoms with Crippen LogP contribution in [0.25, 0.3) is 0 Å². The van der Waals surface area contributed by atoms with E-state index in [0.717, 1.165) is 36.9 Å². The fourth-order valence-electron chi connectivity index (χ4n) is 6.02. The summed E-state index contributed by atoms with van der Waals surface area (Å²) in [5.74, 6) is 1.61. The molecule has 4 bridgehead atoms. The van der Waals surface area contributed by atoms with Gasteiger partial charge in [0.1, 0.15) is 12.4 Å². The molecule has 4 aliphatic rings. The van der Waals surface area contributed by atoms with Gasteiger partial charge in [-0.1, -0.05) is 5.16 Å². The SMILES string of the molecule is CC(=O)NC12CC3CC(C1)CC(C(=O)OCc1c(C)noc1C)(C3)C2. The van der Waals surface area contributed by atoms with Crippen molar-refractivity contribution in [3.63, 3.8) is 0 Å². The average molecular weight is 346 g/mol. The van der Waals surface area contributed by atoms with E-state index in [-0.39, 0.29) is 24.0 Å². The van der Waals surface area contributed by atoms with Crippen molar-refractivity contribution in [1.29, 1.82) is 0 Å². The molecule has 1 aromatic heterocycles. The normalized spacial score (nSPS) is 35.6. The van der Waals surface area contributed by atoms with Crippen molar-refractivity contribution < 1.29 is 18.8 Å². The molecule has 0 aromatic carbocycles. The number of hydrogen-bond donors (Lipinski definition) is 1. The molecule has 0 spiro atoms. The molecule has 2 unspecified atom stereocenters. The quantitative estimate of drug-likeness (QED) is 0.848. The molecular formula is C19H26N2O4. The molecular weight excluding hydrogens is 320 g/mol. The van der Waals surface area contributed by atoms with Gasteiger partial charge in [0, 0.05) is 12.5 Å². The zero-order chi connectivity index (χ0) is 17.8. The van der Waals surface area contributed by atoms with Crippen molar-refractivity contribution in [2.45, 2.75) is 71.4 Å². The fraction of sp³-hybridized carbons (Fsp3) is 0.737. The summed E-state index contributed by atoms with van der Waals surface area (Å²) in [7, 11) is 0. The minimum atomic E-state index is -0.439. The third-order valence-corrected chi connectivity index (χ3v) is 6.46. The number of ether oxygens (including phenoxy) is 1. The van der Waals surface area contributed by atoms with Crippen LogP contribution in [-0.2, 0) is 20.9 Å². The molecule has 0 saturated heterocycles. The Morgan fingerprint density at radius 2 is 1.92 bits per heavy atom. The van der Waals surface area contributed by atoms with Gasteiger partial charge in [-0.05, 0) is 64.2 Å². The molecule has 5 rings (SSSR count). The lowest BCUT2D eigenvalue weighted by atomic mass is 9.47. The monoisotopic (exact) mass is 346 g/mol. The molecule has 1 amide bonds. The predicted octanol–water partition coefficient (Wildman–Crippen LogP) is 2.81. The molecule has 2 atom stereocenters. The summed E-state index contributed by atoms with van der Waals surface area (Å²) < 4.78 is 10.9. The van der Waals surface area contributed by atoms with E-state index in [1.807, 2.05) is 13.8 Å². The van der Waals surface area contributed by atoms with Gasteiger partial charge >= 0.3 is 5.97 Å². The van der Waals surface area contributed by atoms with Crippen molar-refractivity contribution in [2.24, 2.45) is 17.3 Å². The molecule has 1 N–H and O–H groups in total. The highest BCUT2D eigenvalue weighted by Gasteiger charge is 2.61. The van der Waals surface area contributed by atoms with Gasteiger partial charge in [0.25, 0.3) is 0 Å². The van der Waals surface area contributed by atoms with Crippen LogP contribution in [0.1, 0.15) is 62.5 Å². The summed E-state index contributed by atoms with van der Waals surface area (Å²) >= 11 is 0. The number of rotatable bonds is 4. The first kappa shape index (κ1) is 16.6. The number of carbonyl (C=O) groups excluding carboxylic acids is 2. The maximum atomic E-state index is 13.1. The first-order valence-electron chi connectivity index (χ1n) is 9.19. The number of nitrogens with zero attached hydrogens (tertiary/aromatic N) is 1. The Labute approximate surface area is 147 Å². The highest BCUT2D eigenvalue weighted by atomic mass is 16.5. The standard InChI is InChI=1S/C19H26N2O4/c1-11-16(12(2)25-21-11)9-24-17(23)18-5-14-4-15(6-18)8-19(7-14,10-18)20-13(3)22/h14-15H,4-10H2,1-3H3,(H,20,22). The van der Waals surface area contributed by atoms with E-state index >= 15 is 0 Å². The number of amides is 1. The zero-order valence-electron chi connectivity index (χ0n) is 15.2. The molecule has 6 nitrogen and oxygen atoms in total. The Hall–Kier alpha value is -1.85. The fourth-order valence-corrected chi connectivity index (χ4v) is 6.02. The Bertz CT molecular complexity index is 690. The molecule has 1 heterocycles. The molecule has 4 saturated carbocycles. The van der Waals surface area contributed by atoms with Crippen LogP contribution in [0.15, 0.2) is 4.52 Å². The first-order valence-corrected chi connectivity index (χ1v) is 9.19. The lowest BCUT2D eigenvalue weighted by molar-refractivity contribution is -0.177. The summed E-state index contributed by atoms with van der Waals surface area (Å²) in [6, 6.07) is 0. The van der Waals surface area contributed by atoms with Gasteiger partial charge in [0.2, 0.25) is 5.91 Å². The van der Waals surface area contributed by atoms with Gasteiger partial charge in [-0.15, -0.1) is 0 Å². The van der Waals surface area contributed by atoms with Crippen LogP contribution in [0.2, 0.25) is 0 Å². The Kier molecular flexibility index (Phi) is 3.71. The molecule has 6 heteroatoms. The van der Waals surface area contributed by atoms with Crippen LogP contribution >= 0.6 is 0 Å². The number of hydrogen-bond acceptors (Lipinski definition) is 5. The van der Waals surface area contributed by atoms with E-state index < -0.39 is 5.41 Å². The molecule has 0 radical (unpaired) electrons. The van der Waals surface area contributed by atoms with Crippen LogP contribution in [0.4, 0.5) is 0 Å². The molecule has 4 fully saturated rings. The van der Waals surface area contributed by atoms with Gasteiger partial charge in [-0.3, -0.25) is 9.59 Å². The zero-order valence-corrected chi connectivity index (χ0v) is 15.2. The number of nitrogens with one attached hydrogen (secondary N) is 1. The summed E-state index contributed by atoms with van der Waals surface area (Å²) in [5, 5.41) is 7.10. The summed E-state index contributed by atoms with van der Waals surface area (Å²) in [6.07, 6.45) is 5.69. The van der Waals surface area contributed by atoms with Gasteiger partial charge < -0.3 is 14.6 Å². The second-order valence-electron chi connectivity index (χ2n) is 8.58. The smallest absolute Gasteiger partial charge is 0.312 e. The van der Waals surface area contributed by atoms with E-state index in [9.17, 15) is 9.59 Å². The van der Waals surface area contributed by atoms with Crippen molar-refractivity contribution in [1.82, 2.24) is 10.5 Å². The van der Waals surface area contributed by atoms with E-state index in [2.05, 4.69) is 10.5 Å². The number of carbonyl (C=O) groups is 2. The van der Waals surface area contributed by atoms with Gasteiger partial charge in [0.15, 0.2) is 0 Å². The topological polar surface area (TPSA) is 81.4 Å². The van der Waals surface area contributed by atoms with Crippen molar-refractivity contribution in [3.05, 3.63) is 17.0 Å². The Morgan fingerprint density at radius 3 is 2.48 bits per heavy atom. The average Bonchev–Trinajstić information content (AvgIpc) is 2.81. The largest absolute Gasteiger partial charge is 0.460 e. The molecule has 25 heavy (non-hydrogen) atoms.